The van der Waals surface area contributed by atoms with Crippen LogP contribution in [0.5, 0.6) is 5.75 Å². The van der Waals surface area contributed by atoms with Crippen LogP contribution in [0.15, 0.2) is 48.5 Å². The molecule has 0 fully saturated rings. The van der Waals surface area contributed by atoms with E-state index < -0.39 is 9.84 Å². The number of para-hydroxylation sites is 1. The fourth-order valence-electron chi connectivity index (χ4n) is 3.40. The summed E-state index contributed by atoms with van der Waals surface area (Å²) < 4.78 is 31.2. The van der Waals surface area contributed by atoms with Crippen LogP contribution in [0.1, 0.15) is 34.1 Å². The standard InChI is InChI=1S/C21H21N3O4S/c1-3-28-16-10-8-15(9-11-16)21(25)22-20-17-12-29(26,27)13-18(17)23-24(20)19-7-5-4-6-14(19)2/h4-11H,3,12-13H2,1-2H3,(H,22,25). The summed E-state index contributed by atoms with van der Waals surface area (Å²) in [5.74, 6) is 0.491. The molecule has 7 nitrogen and oxygen atoms in total. The van der Waals surface area contributed by atoms with Crippen LogP contribution in [0, 0.1) is 6.92 Å². The van der Waals surface area contributed by atoms with Crippen molar-refractivity contribution in [2.45, 2.75) is 25.4 Å². The predicted molar refractivity (Wildman–Crippen MR) is 110 cm³/mol. The molecule has 0 saturated heterocycles. The van der Waals surface area contributed by atoms with Crippen LogP contribution in [0.3, 0.4) is 0 Å². The van der Waals surface area contributed by atoms with E-state index >= 15 is 0 Å². The Labute approximate surface area is 169 Å². The van der Waals surface area contributed by atoms with Crippen molar-refractivity contribution in [1.82, 2.24) is 9.78 Å². The first kappa shape index (κ1) is 19.2. The van der Waals surface area contributed by atoms with E-state index in [-0.39, 0.29) is 17.4 Å². The van der Waals surface area contributed by atoms with Crippen LogP contribution in [0.25, 0.3) is 5.69 Å². The van der Waals surface area contributed by atoms with E-state index in [0.717, 1.165) is 11.3 Å². The van der Waals surface area contributed by atoms with Gasteiger partial charge in [0.05, 0.1) is 29.5 Å². The number of benzene rings is 2. The Kier molecular flexibility index (Phi) is 4.87. The number of ether oxygens (including phenoxy) is 1. The lowest BCUT2D eigenvalue weighted by atomic mass is 10.2. The zero-order chi connectivity index (χ0) is 20.6. The number of rotatable bonds is 5. The molecule has 8 heteroatoms. The number of nitrogens with one attached hydrogen (secondary N) is 1. The van der Waals surface area contributed by atoms with Gasteiger partial charge in [0.2, 0.25) is 0 Å². The summed E-state index contributed by atoms with van der Waals surface area (Å²) in [5, 5.41) is 7.38. The fourth-order valence-corrected chi connectivity index (χ4v) is 4.89. The maximum Gasteiger partial charge on any atom is 0.256 e. The molecule has 3 aromatic rings. The summed E-state index contributed by atoms with van der Waals surface area (Å²) in [4.78, 5) is 12.9. The molecule has 4 rings (SSSR count). The number of hydrogen-bond acceptors (Lipinski definition) is 5. The minimum absolute atomic E-state index is 0.118. The van der Waals surface area contributed by atoms with E-state index in [9.17, 15) is 13.2 Å². The Bertz CT molecular complexity index is 1180. The quantitative estimate of drug-likeness (QED) is 0.696. The molecular weight excluding hydrogens is 390 g/mol. The molecule has 0 spiro atoms. The summed E-state index contributed by atoms with van der Waals surface area (Å²) >= 11 is 0. The fraction of sp³-hybridized carbons (Fsp3) is 0.238. The maximum absolute atomic E-state index is 12.9. The Balaban J connectivity index is 1.72. The summed E-state index contributed by atoms with van der Waals surface area (Å²) in [7, 11) is -3.25. The van der Waals surface area contributed by atoms with Gasteiger partial charge < -0.3 is 10.1 Å². The SMILES string of the molecule is CCOc1ccc(C(=O)Nc2c3c(nn2-c2ccccc2C)CS(=O)(=O)C3)cc1. The largest absolute Gasteiger partial charge is 0.494 e. The van der Waals surface area contributed by atoms with Gasteiger partial charge >= 0.3 is 0 Å². The van der Waals surface area contributed by atoms with Crippen molar-refractivity contribution in [3.63, 3.8) is 0 Å². The lowest BCUT2D eigenvalue weighted by Crippen LogP contribution is -2.17. The van der Waals surface area contributed by atoms with Crippen LogP contribution in [0.2, 0.25) is 0 Å². The first-order valence-electron chi connectivity index (χ1n) is 9.29. The van der Waals surface area contributed by atoms with E-state index in [0.29, 0.717) is 35.0 Å². The number of aromatic nitrogens is 2. The van der Waals surface area contributed by atoms with Gasteiger partial charge in [0.15, 0.2) is 9.84 Å². The number of sulfone groups is 1. The molecule has 29 heavy (non-hydrogen) atoms. The van der Waals surface area contributed by atoms with Gasteiger partial charge in [-0.3, -0.25) is 4.79 Å². The molecule has 2 heterocycles. The van der Waals surface area contributed by atoms with E-state index in [4.69, 9.17) is 4.74 Å². The number of aryl methyl sites for hydroxylation is 1. The van der Waals surface area contributed by atoms with E-state index in [2.05, 4.69) is 10.4 Å². The lowest BCUT2D eigenvalue weighted by molar-refractivity contribution is 0.102. The van der Waals surface area contributed by atoms with Gasteiger partial charge in [0, 0.05) is 11.1 Å². The number of nitrogens with zero attached hydrogens (tertiary/aromatic N) is 2. The molecule has 1 aromatic heterocycles. The van der Waals surface area contributed by atoms with Gasteiger partial charge in [0.1, 0.15) is 11.6 Å². The van der Waals surface area contributed by atoms with E-state index in [1.165, 1.54) is 0 Å². The third-order valence-corrected chi connectivity index (χ3v) is 6.23. The molecular formula is C21H21N3O4S. The molecule has 1 N–H and O–H groups in total. The third kappa shape index (κ3) is 3.75. The van der Waals surface area contributed by atoms with Crippen LogP contribution < -0.4 is 10.1 Å². The number of hydrogen-bond donors (Lipinski definition) is 1. The zero-order valence-corrected chi connectivity index (χ0v) is 17.0. The molecule has 0 saturated carbocycles. The highest BCUT2D eigenvalue weighted by Gasteiger charge is 2.33. The number of amides is 1. The molecule has 0 aliphatic carbocycles. The first-order valence-corrected chi connectivity index (χ1v) is 11.1. The topological polar surface area (TPSA) is 90.3 Å². The average molecular weight is 411 g/mol. The van der Waals surface area contributed by atoms with Crippen molar-refractivity contribution in [2.75, 3.05) is 11.9 Å². The van der Waals surface area contributed by atoms with Crippen molar-refractivity contribution in [1.29, 1.82) is 0 Å². The molecule has 1 amide bonds. The van der Waals surface area contributed by atoms with Gasteiger partial charge in [-0.15, -0.1) is 0 Å². The number of anilines is 1. The summed E-state index contributed by atoms with van der Waals surface area (Å²) in [6, 6.07) is 14.4. The van der Waals surface area contributed by atoms with Crippen molar-refractivity contribution in [2.24, 2.45) is 0 Å². The highest BCUT2D eigenvalue weighted by Crippen LogP contribution is 2.33. The highest BCUT2D eigenvalue weighted by atomic mass is 32.2. The maximum atomic E-state index is 12.9. The summed E-state index contributed by atoms with van der Waals surface area (Å²) in [6.45, 7) is 4.38. The van der Waals surface area contributed by atoms with Crippen LogP contribution >= 0.6 is 0 Å². The van der Waals surface area contributed by atoms with Crippen molar-refractivity contribution in [3.8, 4) is 11.4 Å². The number of carbonyl (C=O) groups is 1. The van der Waals surface area contributed by atoms with Crippen LogP contribution in [0.4, 0.5) is 5.82 Å². The van der Waals surface area contributed by atoms with Gasteiger partial charge in [-0.1, -0.05) is 18.2 Å². The predicted octanol–water partition coefficient (Wildman–Crippen LogP) is 3.26. The molecule has 150 valence electrons. The van der Waals surface area contributed by atoms with E-state index in [1.807, 2.05) is 38.1 Å². The minimum atomic E-state index is -3.25. The normalized spacial score (nSPS) is 14.4. The molecule has 0 atom stereocenters. The Morgan fingerprint density at radius 3 is 2.55 bits per heavy atom. The van der Waals surface area contributed by atoms with Gasteiger partial charge in [0.25, 0.3) is 5.91 Å². The Morgan fingerprint density at radius 2 is 1.86 bits per heavy atom. The Morgan fingerprint density at radius 1 is 1.14 bits per heavy atom. The first-order chi connectivity index (χ1) is 13.9. The number of carbonyl (C=O) groups excluding carboxylic acids is 1. The molecule has 0 unspecified atom stereocenters. The van der Waals surface area contributed by atoms with Crippen molar-refractivity contribution in [3.05, 3.63) is 70.9 Å². The van der Waals surface area contributed by atoms with Crippen LogP contribution in [-0.4, -0.2) is 30.7 Å². The second kappa shape index (κ2) is 7.36. The molecule has 1 aliphatic heterocycles. The lowest BCUT2D eigenvalue weighted by Gasteiger charge is -2.13. The monoisotopic (exact) mass is 411 g/mol. The molecule has 1 aliphatic rings. The summed E-state index contributed by atoms with van der Waals surface area (Å²) in [5.41, 5.74) is 3.23. The minimum Gasteiger partial charge on any atom is -0.494 e. The third-order valence-electron chi connectivity index (χ3n) is 4.79. The molecule has 2 aromatic carbocycles. The highest BCUT2D eigenvalue weighted by molar-refractivity contribution is 7.90. The number of fused-ring (bicyclic) bond motifs is 1. The van der Waals surface area contributed by atoms with Crippen molar-refractivity contribution < 1.29 is 17.9 Å². The van der Waals surface area contributed by atoms with Gasteiger partial charge in [-0.05, 0) is 49.7 Å². The van der Waals surface area contributed by atoms with Gasteiger partial charge in [-0.25, -0.2) is 13.1 Å². The second-order valence-electron chi connectivity index (χ2n) is 6.92. The average Bonchev–Trinajstić information content (AvgIpc) is 3.15. The molecule has 0 radical (unpaired) electrons. The van der Waals surface area contributed by atoms with E-state index in [1.54, 1.807) is 28.9 Å². The van der Waals surface area contributed by atoms with Crippen molar-refractivity contribution >= 4 is 21.6 Å². The molecule has 0 bridgehead atoms. The summed E-state index contributed by atoms with van der Waals surface area (Å²) in [6.07, 6.45) is 0. The zero-order valence-electron chi connectivity index (χ0n) is 16.2. The van der Waals surface area contributed by atoms with Crippen LogP contribution in [-0.2, 0) is 21.3 Å². The Hall–Kier alpha value is -3.13. The second-order valence-corrected chi connectivity index (χ2v) is 8.98. The smallest absolute Gasteiger partial charge is 0.256 e. The van der Waals surface area contributed by atoms with Gasteiger partial charge in [-0.2, -0.15) is 5.10 Å².